The Labute approximate surface area is 106 Å². The molecule has 0 radical (unpaired) electrons. The number of nitrogens with zero attached hydrogens (tertiary/aromatic N) is 3. The molecule has 0 spiro atoms. The minimum Gasteiger partial charge on any atom is -0.343 e. The van der Waals surface area contributed by atoms with E-state index in [9.17, 15) is 9.59 Å². The van der Waals surface area contributed by atoms with Crippen molar-refractivity contribution >= 4 is 11.8 Å². The van der Waals surface area contributed by atoms with Gasteiger partial charge in [0.1, 0.15) is 12.1 Å². The molecule has 2 atom stereocenters. The molecule has 2 unspecified atom stereocenters. The molecule has 0 aromatic carbocycles. The summed E-state index contributed by atoms with van der Waals surface area (Å²) in [5, 5.41) is 6.90. The largest absolute Gasteiger partial charge is 0.343 e. The van der Waals surface area contributed by atoms with Gasteiger partial charge in [-0.05, 0) is 26.8 Å². The second kappa shape index (κ2) is 4.44. The third kappa shape index (κ3) is 2.10. The Hall–Kier alpha value is -1.85. The van der Waals surface area contributed by atoms with Crippen molar-refractivity contribution in [3.8, 4) is 0 Å². The summed E-state index contributed by atoms with van der Waals surface area (Å²) in [6.07, 6.45) is 0. The number of nitrogens with one attached hydrogen (secondary N) is 1. The Morgan fingerprint density at radius 1 is 1.39 bits per heavy atom. The second-order valence-electron chi connectivity index (χ2n) is 4.77. The SMILES string of the molecule is Cc1cc(CN2C(=O)C(C)NC(=O)C2C)n(C)n1. The van der Waals surface area contributed by atoms with Gasteiger partial charge in [0.2, 0.25) is 11.8 Å². The van der Waals surface area contributed by atoms with Gasteiger partial charge in [0.15, 0.2) is 0 Å². The lowest BCUT2D eigenvalue weighted by Gasteiger charge is -2.36. The molecular formula is C12H18N4O2. The Kier molecular flexibility index (Phi) is 3.11. The molecule has 1 fully saturated rings. The van der Waals surface area contributed by atoms with Crippen molar-refractivity contribution in [1.29, 1.82) is 0 Å². The van der Waals surface area contributed by atoms with Crippen LogP contribution in [0.4, 0.5) is 0 Å². The number of piperazine rings is 1. The summed E-state index contributed by atoms with van der Waals surface area (Å²) in [7, 11) is 1.84. The minimum atomic E-state index is -0.456. The quantitative estimate of drug-likeness (QED) is 0.801. The van der Waals surface area contributed by atoms with Crippen LogP contribution in [-0.2, 0) is 23.2 Å². The number of amides is 2. The van der Waals surface area contributed by atoms with E-state index >= 15 is 0 Å². The maximum Gasteiger partial charge on any atom is 0.245 e. The fourth-order valence-electron chi connectivity index (χ4n) is 2.18. The summed E-state index contributed by atoms with van der Waals surface area (Å²) in [4.78, 5) is 25.4. The van der Waals surface area contributed by atoms with Gasteiger partial charge in [-0.1, -0.05) is 0 Å². The molecule has 0 bridgehead atoms. The first-order valence-corrected chi connectivity index (χ1v) is 6.00. The zero-order chi connectivity index (χ0) is 13.4. The lowest BCUT2D eigenvalue weighted by atomic mass is 10.1. The van der Waals surface area contributed by atoms with Crippen LogP contribution >= 0.6 is 0 Å². The fourth-order valence-corrected chi connectivity index (χ4v) is 2.18. The highest BCUT2D eigenvalue weighted by molar-refractivity contribution is 5.96. The van der Waals surface area contributed by atoms with Crippen molar-refractivity contribution in [3.63, 3.8) is 0 Å². The molecule has 1 aliphatic heterocycles. The second-order valence-corrected chi connectivity index (χ2v) is 4.77. The number of rotatable bonds is 2. The van der Waals surface area contributed by atoms with Crippen LogP contribution in [0.1, 0.15) is 25.2 Å². The van der Waals surface area contributed by atoms with E-state index in [-0.39, 0.29) is 11.8 Å². The van der Waals surface area contributed by atoms with Gasteiger partial charge in [-0.2, -0.15) is 5.10 Å². The molecule has 1 aromatic rings. The Morgan fingerprint density at radius 3 is 2.61 bits per heavy atom. The van der Waals surface area contributed by atoms with Crippen LogP contribution in [0.3, 0.4) is 0 Å². The van der Waals surface area contributed by atoms with Crippen LogP contribution in [0.25, 0.3) is 0 Å². The maximum atomic E-state index is 12.1. The van der Waals surface area contributed by atoms with Gasteiger partial charge in [0.05, 0.1) is 17.9 Å². The zero-order valence-corrected chi connectivity index (χ0v) is 11.1. The topological polar surface area (TPSA) is 67.2 Å². The smallest absolute Gasteiger partial charge is 0.245 e. The van der Waals surface area contributed by atoms with Crippen molar-refractivity contribution in [2.75, 3.05) is 0 Å². The molecule has 1 aromatic heterocycles. The maximum absolute atomic E-state index is 12.1. The van der Waals surface area contributed by atoms with Crippen LogP contribution in [0, 0.1) is 6.92 Å². The summed E-state index contributed by atoms with van der Waals surface area (Å²) in [6, 6.07) is 1.03. The highest BCUT2D eigenvalue weighted by Crippen LogP contribution is 2.14. The van der Waals surface area contributed by atoms with Crippen LogP contribution in [0.15, 0.2) is 6.07 Å². The highest BCUT2D eigenvalue weighted by Gasteiger charge is 2.35. The third-order valence-electron chi connectivity index (χ3n) is 3.29. The summed E-state index contributed by atoms with van der Waals surface area (Å²) in [5.74, 6) is -0.165. The Morgan fingerprint density at radius 2 is 2.06 bits per heavy atom. The molecule has 6 nitrogen and oxygen atoms in total. The Bertz CT molecular complexity index is 494. The van der Waals surface area contributed by atoms with E-state index in [1.165, 1.54) is 0 Å². The number of carbonyl (C=O) groups is 2. The van der Waals surface area contributed by atoms with Crippen LogP contribution in [0.5, 0.6) is 0 Å². The van der Waals surface area contributed by atoms with Gasteiger partial charge in [0.25, 0.3) is 0 Å². The zero-order valence-electron chi connectivity index (χ0n) is 11.1. The van der Waals surface area contributed by atoms with Crippen LogP contribution in [0.2, 0.25) is 0 Å². The normalized spacial score (nSPS) is 24.3. The molecule has 2 amide bonds. The number of hydrogen-bond donors (Lipinski definition) is 1. The van der Waals surface area contributed by atoms with Gasteiger partial charge in [-0.15, -0.1) is 0 Å². The van der Waals surface area contributed by atoms with Gasteiger partial charge in [-0.25, -0.2) is 0 Å². The molecule has 6 heteroatoms. The molecule has 2 rings (SSSR count). The van der Waals surface area contributed by atoms with Gasteiger partial charge in [-0.3, -0.25) is 14.3 Å². The van der Waals surface area contributed by atoms with Gasteiger partial charge >= 0.3 is 0 Å². The van der Waals surface area contributed by atoms with E-state index in [1.807, 2.05) is 20.0 Å². The lowest BCUT2D eigenvalue weighted by Crippen LogP contribution is -2.61. The molecule has 0 aliphatic carbocycles. The molecule has 98 valence electrons. The molecule has 0 saturated carbocycles. The summed E-state index contributed by atoms with van der Waals surface area (Å²) in [5.41, 5.74) is 1.83. The monoisotopic (exact) mass is 250 g/mol. The van der Waals surface area contributed by atoms with Crippen molar-refractivity contribution in [2.45, 2.75) is 39.4 Å². The van der Waals surface area contributed by atoms with Gasteiger partial charge < -0.3 is 10.2 Å². The van der Waals surface area contributed by atoms with Crippen molar-refractivity contribution in [2.24, 2.45) is 7.05 Å². The van der Waals surface area contributed by atoms with E-state index in [4.69, 9.17) is 0 Å². The van der Waals surface area contributed by atoms with E-state index < -0.39 is 12.1 Å². The molecule has 1 aliphatic rings. The summed E-state index contributed by atoms with van der Waals surface area (Å²) in [6.45, 7) is 5.76. The molecule has 1 saturated heterocycles. The minimum absolute atomic E-state index is 0.0547. The number of aryl methyl sites for hydroxylation is 2. The highest BCUT2D eigenvalue weighted by atomic mass is 16.2. The average molecular weight is 250 g/mol. The number of aromatic nitrogens is 2. The van der Waals surface area contributed by atoms with E-state index in [0.29, 0.717) is 6.54 Å². The molecule has 2 heterocycles. The predicted molar refractivity (Wildman–Crippen MR) is 65.6 cm³/mol. The lowest BCUT2D eigenvalue weighted by molar-refractivity contribution is -0.148. The Balaban J connectivity index is 2.23. The summed E-state index contributed by atoms with van der Waals surface area (Å²) < 4.78 is 1.74. The molecular weight excluding hydrogens is 232 g/mol. The number of hydrogen-bond acceptors (Lipinski definition) is 3. The number of carbonyl (C=O) groups excluding carboxylic acids is 2. The van der Waals surface area contributed by atoms with Crippen molar-refractivity contribution < 1.29 is 9.59 Å². The van der Waals surface area contributed by atoms with E-state index in [0.717, 1.165) is 11.4 Å². The first-order chi connectivity index (χ1) is 8.40. The first-order valence-electron chi connectivity index (χ1n) is 6.00. The fraction of sp³-hybridized carbons (Fsp3) is 0.583. The van der Waals surface area contributed by atoms with Gasteiger partial charge in [0, 0.05) is 7.05 Å². The molecule has 18 heavy (non-hydrogen) atoms. The third-order valence-corrected chi connectivity index (χ3v) is 3.29. The van der Waals surface area contributed by atoms with E-state index in [2.05, 4.69) is 10.4 Å². The summed E-state index contributed by atoms with van der Waals surface area (Å²) >= 11 is 0. The van der Waals surface area contributed by atoms with Crippen molar-refractivity contribution in [3.05, 3.63) is 17.5 Å². The molecule has 1 N–H and O–H groups in total. The average Bonchev–Trinajstić information content (AvgIpc) is 2.61. The standard InChI is InChI=1S/C12H18N4O2/c1-7-5-10(15(4)14-7)6-16-9(3)11(17)13-8(2)12(16)18/h5,8-9H,6H2,1-4H3,(H,13,17). The predicted octanol–water partition coefficient (Wildman–Crippen LogP) is -0.0361. The van der Waals surface area contributed by atoms with Crippen LogP contribution < -0.4 is 5.32 Å². The van der Waals surface area contributed by atoms with E-state index in [1.54, 1.807) is 23.4 Å². The first kappa shape index (κ1) is 12.6. The van der Waals surface area contributed by atoms with Crippen LogP contribution in [-0.4, -0.2) is 38.6 Å². The van der Waals surface area contributed by atoms with Crippen molar-refractivity contribution in [1.82, 2.24) is 20.0 Å².